The van der Waals surface area contributed by atoms with Gasteiger partial charge in [0.05, 0.1) is 48.9 Å². The number of aryl methyl sites for hydroxylation is 1. The van der Waals surface area contributed by atoms with Gasteiger partial charge in [-0.1, -0.05) is 53.2 Å². The minimum atomic E-state index is -3.20. The van der Waals surface area contributed by atoms with Crippen LogP contribution in [-0.2, 0) is 21.1 Å². The molecule has 10 heteroatoms. The molecule has 2 heterocycles. The molecular formula is C22H23ClN2O5S2. The summed E-state index contributed by atoms with van der Waals surface area (Å²) in [4.78, 5) is 19.0. The highest BCUT2D eigenvalue weighted by atomic mass is 35.5. The molecule has 2 aromatic carbocycles. The molecule has 0 bridgehead atoms. The maximum atomic E-state index is 12.8. The van der Waals surface area contributed by atoms with Gasteiger partial charge < -0.3 is 14.4 Å². The van der Waals surface area contributed by atoms with Crippen LogP contribution in [0, 0.1) is 6.92 Å². The van der Waals surface area contributed by atoms with E-state index in [1.54, 1.807) is 17.0 Å². The normalized spacial score (nSPS) is 22.8. The molecule has 2 fully saturated rings. The van der Waals surface area contributed by atoms with Crippen LogP contribution in [-0.4, -0.2) is 56.5 Å². The third kappa shape index (κ3) is 4.60. The Balaban J connectivity index is 1.73. The molecule has 2 aliphatic rings. The summed E-state index contributed by atoms with van der Waals surface area (Å²) in [7, 11) is -0.181. The van der Waals surface area contributed by atoms with Gasteiger partial charge in [-0.05, 0) is 18.6 Å². The first-order chi connectivity index (χ1) is 15.2. The lowest BCUT2D eigenvalue weighted by molar-refractivity contribution is -0.117. The van der Waals surface area contributed by atoms with E-state index in [2.05, 4.69) is 4.99 Å². The second-order valence-corrected chi connectivity index (χ2v) is 11.6. The van der Waals surface area contributed by atoms with Gasteiger partial charge in [0.2, 0.25) is 0 Å². The fourth-order valence-electron chi connectivity index (χ4n) is 4.02. The number of benzene rings is 2. The fraction of sp³-hybridized carbons (Fsp3) is 0.364. The summed E-state index contributed by atoms with van der Waals surface area (Å²) in [5.41, 5.74) is 2.50. The molecule has 2 atom stereocenters. The third-order valence-electron chi connectivity index (χ3n) is 5.44. The summed E-state index contributed by atoms with van der Waals surface area (Å²) in [6.45, 7) is 1.97. The van der Waals surface area contributed by atoms with Crippen molar-refractivity contribution in [2.24, 2.45) is 4.99 Å². The number of ether oxygens (including phenoxy) is 2. The van der Waals surface area contributed by atoms with Crippen molar-refractivity contribution in [3.05, 3.63) is 52.5 Å². The quantitative estimate of drug-likeness (QED) is 0.628. The van der Waals surface area contributed by atoms with Crippen LogP contribution in [0.15, 0.2) is 41.4 Å². The molecule has 170 valence electrons. The molecular weight excluding hydrogens is 472 g/mol. The minimum absolute atomic E-state index is 0.0252. The largest absolute Gasteiger partial charge is 0.495 e. The van der Waals surface area contributed by atoms with Crippen LogP contribution < -0.4 is 14.4 Å². The number of rotatable bonds is 5. The van der Waals surface area contributed by atoms with E-state index >= 15 is 0 Å². The van der Waals surface area contributed by atoms with E-state index < -0.39 is 9.84 Å². The zero-order valence-corrected chi connectivity index (χ0v) is 20.3. The van der Waals surface area contributed by atoms with Crippen molar-refractivity contribution in [1.29, 1.82) is 0 Å². The molecule has 0 aliphatic carbocycles. The molecule has 2 aliphatic heterocycles. The Morgan fingerprint density at radius 2 is 1.94 bits per heavy atom. The van der Waals surface area contributed by atoms with Crippen molar-refractivity contribution in [3.8, 4) is 11.5 Å². The highest BCUT2D eigenvalue weighted by Crippen LogP contribution is 2.46. The number of fused-ring (bicyclic) bond motifs is 1. The fourth-order valence-corrected chi connectivity index (χ4v) is 8.18. The number of sulfone groups is 1. The molecule has 0 unspecified atom stereocenters. The molecule has 0 spiro atoms. The van der Waals surface area contributed by atoms with Gasteiger partial charge in [0.1, 0.15) is 11.5 Å². The van der Waals surface area contributed by atoms with E-state index in [1.807, 2.05) is 31.2 Å². The summed E-state index contributed by atoms with van der Waals surface area (Å²) in [5, 5.41) is 0.575. The zero-order valence-electron chi connectivity index (χ0n) is 17.9. The molecule has 0 saturated carbocycles. The van der Waals surface area contributed by atoms with Crippen LogP contribution in [0.25, 0.3) is 0 Å². The van der Waals surface area contributed by atoms with Gasteiger partial charge in [-0.15, -0.1) is 0 Å². The summed E-state index contributed by atoms with van der Waals surface area (Å²) in [6, 6.07) is 10.6. The molecule has 7 nitrogen and oxygen atoms in total. The molecule has 0 N–H and O–H groups in total. The SMILES string of the molecule is COc1cc(OC)c(N2C(=NC(=O)Cc3cccc(C)c3)S[C@H]3CS(=O)(=O)C[C@H]32)cc1Cl. The van der Waals surface area contributed by atoms with E-state index in [0.29, 0.717) is 27.4 Å². The maximum Gasteiger partial charge on any atom is 0.252 e. The predicted molar refractivity (Wildman–Crippen MR) is 128 cm³/mol. The van der Waals surface area contributed by atoms with Crippen molar-refractivity contribution in [2.75, 3.05) is 30.6 Å². The molecule has 1 amide bonds. The van der Waals surface area contributed by atoms with Crippen LogP contribution in [0.1, 0.15) is 11.1 Å². The number of carbonyl (C=O) groups excluding carboxylic acids is 1. The van der Waals surface area contributed by atoms with Crippen molar-refractivity contribution in [1.82, 2.24) is 0 Å². The van der Waals surface area contributed by atoms with Crippen molar-refractivity contribution in [2.45, 2.75) is 24.6 Å². The zero-order chi connectivity index (χ0) is 23.0. The maximum absolute atomic E-state index is 12.8. The number of methoxy groups -OCH3 is 2. The molecule has 2 aromatic rings. The Hall–Kier alpha value is -2.23. The van der Waals surface area contributed by atoms with E-state index in [1.165, 1.54) is 26.0 Å². The number of amides is 1. The second kappa shape index (κ2) is 8.96. The number of hydrogen-bond acceptors (Lipinski definition) is 6. The number of carbonyl (C=O) groups is 1. The Bertz CT molecular complexity index is 1200. The average Bonchev–Trinajstić information content (AvgIpc) is 3.18. The Labute approximate surface area is 196 Å². The summed E-state index contributed by atoms with van der Waals surface area (Å²) < 4.78 is 35.5. The van der Waals surface area contributed by atoms with Gasteiger partial charge in [-0.3, -0.25) is 4.79 Å². The van der Waals surface area contributed by atoms with Crippen LogP contribution in [0.5, 0.6) is 11.5 Å². The third-order valence-corrected chi connectivity index (χ3v) is 8.94. The first-order valence-electron chi connectivity index (χ1n) is 9.95. The molecule has 0 aromatic heterocycles. The van der Waals surface area contributed by atoms with Crippen molar-refractivity contribution < 1.29 is 22.7 Å². The molecule has 0 radical (unpaired) electrons. The summed E-state index contributed by atoms with van der Waals surface area (Å²) >= 11 is 7.68. The van der Waals surface area contributed by atoms with Gasteiger partial charge in [-0.2, -0.15) is 4.99 Å². The predicted octanol–water partition coefficient (Wildman–Crippen LogP) is 3.51. The van der Waals surface area contributed by atoms with E-state index in [9.17, 15) is 13.2 Å². The van der Waals surface area contributed by atoms with E-state index in [4.69, 9.17) is 21.1 Å². The van der Waals surface area contributed by atoms with Crippen molar-refractivity contribution in [3.63, 3.8) is 0 Å². The van der Waals surface area contributed by atoms with Gasteiger partial charge in [-0.25, -0.2) is 8.42 Å². The molecule has 4 rings (SSSR count). The topological polar surface area (TPSA) is 85.3 Å². The van der Waals surface area contributed by atoms with Gasteiger partial charge in [0, 0.05) is 11.3 Å². The van der Waals surface area contributed by atoms with Gasteiger partial charge in [0.25, 0.3) is 5.91 Å². The van der Waals surface area contributed by atoms with Gasteiger partial charge >= 0.3 is 0 Å². The number of aliphatic imine (C=N–C) groups is 1. The Morgan fingerprint density at radius 3 is 2.62 bits per heavy atom. The number of amidine groups is 1. The molecule has 2 saturated heterocycles. The second-order valence-electron chi connectivity index (χ2n) is 7.78. The first-order valence-corrected chi connectivity index (χ1v) is 13.0. The standard InChI is InChI=1S/C22H23ClN2O5S2/c1-13-5-4-6-14(7-13)8-21(26)24-22-25(17-11-32(27,28)12-20(17)31-22)16-9-15(23)18(29-2)10-19(16)30-3/h4-7,9-10,17,20H,8,11-12H2,1-3H3/t17-,20+/m1/s1. The number of thioether (sulfide) groups is 1. The van der Waals surface area contributed by atoms with Crippen LogP contribution in [0.2, 0.25) is 5.02 Å². The lowest BCUT2D eigenvalue weighted by atomic mass is 10.1. The summed E-state index contributed by atoms with van der Waals surface area (Å²) in [5.74, 6) is 0.599. The number of anilines is 1. The van der Waals surface area contributed by atoms with Crippen LogP contribution in [0.4, 0.5) is 5.69 Å². The number of nitrogens with zero attached hydrogens (tertiary/aromatic N) is 2. The minimum Gasteiger partial charge on any atom is -0.495 e. The van der Waals surface area contributed by atoms with Gasteiger partial charge in [0.15, 0.2) is 15.0 Å². The Kier molecular flexibility index (Phi) is 6.42. The lowest BCUT2D eigenvalue weighted by Crippen LogP contribution is -2.38. The summed E-state index contributed by atoms with van der Waals surface area (Å²) in [6.07, 6.45) is 0.160. The average molecular weight is 495 g/mol. The lowest BCUT2D eigenvalue weighted by Gasteiger charge is -2.26. The van der Waals surface area contributed by atoms with Crippen LogP contribution >= 0.6 is 23.4 Å². The first kappa shape index (κ1) is 22.9. The Morgan fingerprint density at radius 1 is 1.19 bits per heavy atom. The molecule has 32 heavy (non-hydrogen) atoms. The number of halogens is 1. The number of hydrogen-bond donors (Lipinski definition) is 0. The monoisotopic (exact) mass is 494 g/mol. The van der Waals surface area contributed by atoms with Crippen molar-refractivity contribution >= 4 is 50.0 Å². The smallest absolute Gasteiger partial charge is 0.252 e. The highest BCUT2D eigenvalue weighted by molar-refractivity contribution is 8.16. The highest BCUT2D eigenvalue weighted by Gasteiger charge is 2.50. The van der Waals surface area contributed by atoms with E-state index in [-0.39, 0.29) is 35.1 Å². The van der Waals surface area contributed by atoms with Crippen LogP contribution in [0.3, 0.4) is 0 Å². The van der Waals surface area contributed by atoms with E-state index in [0.717, 1.165) is 11.1 Å².